The van der Waals surface area contributed by atoms with Gasteiger partial charge < -0.3 is 5.11 Å². The predicted octanol–water partition coefficient (Wildman–Crippen LogP) is 4.63. The van der Waals surface area contributed by atoms with E-state index in [1.165, 1.54) is 30.4 Å². The van der Waals surface area contributed by atoms with E-state index in [-0.39, 0.29) is 0 Å². The van der Waals surface area contributed by atoms with Crippen molar-refractivity contribution in [2.45, 2.75) is 45.4 Å². The first-order valence-corrected chi connectivity index (χ1v) is 6.24. The summed E-state index contributed by atoms with van der Waals surface area (Å²) >= 11 is 0. The quantitative estimate of drug-likeness (QED) is 0.681. The third-order valence-electron chi connectivity index (χ3n) is 3.03. The molecule has 1 fully saturated rings. The first-order chi connectivity index (χ1) is 7.77. The van der Waals surface area contributed by atoms with Crippen LogP contribution in [0.25, 0.3) is 0 Å². The van der Waals surface area contributed by atoms with Crippen molar-refractivity contribution in [1.29, 1.82) is 0 Å². The highest BCUT2D eigenvalue weighted by Crippen LogP contribution is 2.36. The summed E-state index contributed by atoms with van der Waals surface area (Å²) in [6.45, 7) is 8.13. The Morgan fingerprint density at radius 1 is 1.12 bits per heavy atom. The van der Waals surface area contributed by atoms with Crippen LogP contribution in [0.1, 0.15) is 51.0 Å². The molecular formula is C15H22O. The molecule has 1 saturated carbocycles. The van der Waals surface area contributed by atoms with Crippen molar-refractivity contribution in [3.8, 4) is 5.75 Å². The molecule has 0 radical (unpaired) electrons. The van der Waals surface area contributed by atoms with Crippen molar-refractivity contribution < 1.29 is 5.11 Å². The Balaban J connectivity index is 0.000000606. The van der Waals surface area contributed by atoms with Gasteiger partial charge in [0.05, 0.1) is 0 Å². The van der Waals surface area contributed by atoms with Crippen molar-refractivity contribution in [3.63, 3.8) is 0 Å². The number of rotatable bonds is 1. The lowest BCUT2D eigenvalue weighted by Crippen LogP contribution is -2.07. The standard InChI is InChI=1S/C13H16O.C2H6/c1-10-4-2-3-5-13(10)11-6-8-12(14)9-7-11;1-2/h6-9,13-14H,1-5H2;1-2H3. The molecule has 1 N–H and O–H groups in total. The van der Waals surface area contributed by atoms with Gasteiger partial charge in [0.1, 0.15) is 5.75 Å². The molecule has 0 heterocycles. The summed E-state index contributed by atoms with van der Waals surface area (Å²) in [4.78, 5) is 0. The Labute approximate surface area is 98.8 Å². The van der Waals surface area contributed by atoms with Crippen LogP contribution in [0.4, 0.5) is 0 Å². The highest BCUT2D eigenvalue weighted by Gasteiger charge is 2.18. The molecule has 0 spiro atoms. The fourth-order valence-electron chi connectivity index (χ4n) is 2.19. The summed E-state index contributed by atoms with van der Waals surface area (Å²) in [6, 6.07) is 7.54. The van der Waals surface area contributed by atoms with Crippen LogP contribution in [-0.4, -0.2) is 5.11 Å². The van der Waals surface area contributed by atoms with Crippen molar-refractivity contribution in [2.75, 3.05) is 0 Å². The average Bonchev–Trinajstić information content (AvgIpc) is 2.34. The molecule has 1 heteroatoms. The molecule has 0 amide bonds. The molecule has 1 nitrogen and oxygen atoms in total. The van der Waals surface area contributed by atoms with Gasteiger partial charge >= 0.3 is 0 Å². The van der Waals surface area contributed by atoms with Gasteiger partial charge in [-0.2, -0.15) is 0 Å². The van der Waals surface area contributed by atoms with E-state index in [1.54, 1.807) is 12.1 Å². The Morgan fingerprint density at radius 2 is 1.75 bits per heavy atom. The van der Waals surface area contributed by atoms with E-state index < -0.39 is 0 Å². The van der Waals surface area contributed by atoms with Gasteiger partial charge in [-0.15, -0.1) is 0 Å². The molecular weight excluding hydrogens is 196 g/mol. The second-order valence-corrected chi connectivity index (χ2v) is 4.05. The minimum atomic E-state index is 0.343. The van der Waals surface area contributed by atoms with Gasteiger partial charge in [0, 0.05) is 5.92 Å². The van der Waals surface area contributed by atoms with E-state index in [1.807, 2.05) is 26.0 Å². The summed E-state index contributed by atoms with van der Waals surface area (Å²) in [5.41, 5.74) is 2.65. The minimum Gasteiger partial charge on any atom is -0.508 e. The second kappa shape index (κ2) is 6.37. The Morgan fingerprint density at radius 3 is 2.31 bits per heavy atom. The monoisotopic (exact) mass is 218 g/mol. The van der Waals surface area contributed by atoms with E-state index >= 15 is 0 Å². The number of hydrogen-bond donors (Lipinski definition) is 1. The Hall–Kier alpha value is -1.24. The number of benzene rings is 1. The molecule has 0 bridgehead atoms. The molecule has 0 aromatic heterocycles. The Kier molecular flexibility index (Phi) is 5.10. The predicted molar refractivity (Wildman–Crippen MR) is 69.8 cm³/mol. The van der Waals surface area contributed by atoms with Crippen LogP contribution in [0.2, 0.25) is 0 Å². The molecule has 2 rings (SSSR count). The molecule has 0 saturated heterocycles. The van der Waals surface area contributed by atoms with E-state index in [4.69, 9.17) is 0 Å². The summed E-state index contributed by atoms with van der Waals surface area (Å²) in [5.74, 6) is 0.861. The lowest BCUT2D eigenvalue weighted by Gasteiger charge is -2.24. The summed E-state index contributed by atoms with van der Waals surface area (Å²) < 4.78 is 0. The second-order valence-electron chi connectivity index (χ2n) is 4.05. The fourth-order valence-corrected chi connectivity index (χ4v) is 2.19. The van der Waals surface area contributed by atoms with Gasteiger partial charge in [0.25, 0.3) is 0 Å². The third kappa shape index (κ3) is 3.13. The maximum absolute atomic E-state index is 9.20. The van der Waals surface area contributed by atoms with Crippen molar-refractivity contribution in [3.05, 3.63) is 42.0 Å². The van der Waals surface area contributed by atoms with Crippen LogP contribution in [0, 0.1) is 0 Å². The van der Waals surface area contributed by atoms with E-state index in [0.717, 1.165) is 6.42 Å². The first kappa shape index (κ1) is 12.8. The molecule has 16 heavy (non-hydrogen) atoms. The molecule has 1 aliphatic rings. The van der Waals surface area contributed by atoms with Gasteiger partial charge in [-0.25, -0.2) is 0 Å². The summed E-state index contributed by atoms with van der Waals surface area (Å²) in [5, 5.41) is 9.20. The molecule has 1 aromatic rings. The Bertz CT molecular complexity index is 324. The molecule has 1 aromatic carbocycles. The fraction of sp³-hybridized carbons (Fsp3) is 0.467. The molecule has 1 atom stereocenters. The van der Waals surface area contributed by atoms with Crippen LogP contribution < -0.4 is 0 Å². The maximum atomic E-state index is 9.20. The molecule has 88 valence electrons. The van der Waals surface area contributed by atoms with Crippen molar-refractivity contribution >= 4 is 0 Å². The summed E-state index contributed by atoms with van der Waals surface area (Å²) in [7, 11) is 0. The largest absolute Gasteiger partial charge is 0.508 e. The van der Waals surface area contributed by atoms with E-state index in [2.05, 4.69) is 6.58 Å². The zero-order valence-electron chi connectivity index (χ0n) is 10.4. The maximum Gasteiger partial charge on any atom is 0.115 e. The highest BCUT2D eigenvalue weighted by atomic mass is 16.3. The van der Waals surface area contributed by atoms with Gasteiger partial charge in [0.15, 0.2) is 0 Å². The summed E-state index contributed by atoms with van der Waals surface area (Å²) in [6.07, 6.45) is 4.95. The SMILES string of the molecule is C=C1CCCCC1c1ccc(O)cc1.CC. The van der Waals surface area contributed by atoms with E-state index in [9.17, 15) is 5.11 Å². The zero-order chi connectivity index (χ0) is 12.0. The number of aromatic hydroxyl groups is 1. The van der Waals surface area contributed by atoms with Gasteiger partial charge in [-0.05, 0) is 37.0 Å². The number of phenolic OH excluding ortho intramolecular Hbond substituents is 1. The van der Waals surface area contributed by atoms with Crippen LogP contribution >= 0.6 is 0 Å². The normalized spacial score (nSPS) is 19.9. The average molecular weight is 218 g/mol. The van der Waals surface area contributed by atoms with Gasteiger partial charge in [-0.1, -0.05) is 44.6 Å². The van der Waals surface area contributed by atoms with E-state index in [0.29, 0.717) is 11.7 Å². The van der Waals surface area contributed by atoms with Gasteiger partial charge in [0.2, 0.25) is 0 Å². The molecule has 1 aliphatic carbocycles. The van der Waals surface area contributed by atoms with Crippen molar-refractivity contribution in [2.24, 2.45) is 0 Å². The topological polar surface area (TPSA) is 20.2 Å². The lowest BCUT2D eigenvalue weighted by atomic mass is 9.81. The van der Waals surface area contributed by atoms with Crippen LogP contribution in [-0.2, 0) is 0 Å². The minimum absolute atomic E-state index is 0.343. The highest BCUT2D eigenvalue weighted by molar-refractivity contribution is 5.33. The van der Waals surface area contributed by atoms with Crippen LogP contribution in [0.15, 0.2) is 36.4 Å². The molecule has 1 unspecified atom stereocenters. The van der Waals surface area contributed by atoms with Crippen LogP contribution in [0.3, 0.4) is 0 Å². The number of phenols is 1. The smallest absolute Gasteiger partial charge is 0.115 e. The third-order valence-corrected chi connectivity index (χ3v) is 3.03. The molecule has 0 aliphatic heterocycles. The van der Waals surface area contributed by atoms with Crippen molar-refractivity contribution in [1.82, 2.24) is 0 Å². The first-order valence-electron chi connectivity index (χ1n) is 6.24. The van der Waals surface area contributed by atoms with Crippen LogP contribution in [0.5, 0.6) is 5.75 Å². The number of allylic oxidation sites excluding steroid dienone is 1. The lowest BCUT2D eigenvalue weighted by molar-refractivity contribution is 0.474. The van der Waals surface area contributed by atoms with Gasteiger partial charge in [-0.3, -0.25) is 0 Å². The number of hydrogen-bond acceptors (Lipinski definition) is 1. The zero-order valence-corrected chi connectivity index (χ0v) is 10.4.